The van der Waals surface area contributed by atoms with Gasteiger partial charge in [-0.3, -0.25) is 10.1 Å². The molecule has 6 heteroatoms. The first-order valence-corrected chi connectivity index (χ1v) is 11.2. The highest BCUT2D eigenvalue weighted by atomic mass is 19.1. The maximum Gasteiger partial charge on any atom is 0.159 e. The minimum absolute atomic E-state index is 0.265. The number of aromatic amines is 2. The molecule has 0 atom stereocenters. The lowest BCUT2D eigenvalue weighted by molar-refractivity contribution is 0.628. The number of benzene rings is 2. The number of H-pyrrole nitrogens is 2. The molecule has 34 heavy (non-hydrogen) atoms. The van der Waals surface area contributed by atoms with Gasteiger partial charge in [-0.05, 0) is 65.9 Å². The van der Waals surface area contributed by atoms with E-state index < -0.39 is 0 Å². The first-order chi connectivity index (χ1) is 16.6. The van der Waals surface area contributed by atoms with Gasteiger partial charge in [-0.25, -0.2) is 9.37 Å². The summed E-state index contributed by atoms with van der Waals surface area (Å²) in [6.07, 6.45) is 8.59. The standard InChI is InChI=1S/C28H24FN5/c1-4-18-14-20(16-30-15-18)17(3)13-23-24(5-2)33-34-27(23)28-31-25-8-6-7-22(26(25)32-28)19-9-11-21(29)12-10-19/h5-16,33H,3-4H2,1-2H3,(H,31,32)/b23-13+,24-5+. The summed E-state index contributed by atoms with van der Waals surface area (Å²) < 4.78 is 13.4. The number of hydrogen-bond donors (Lipinski definition) is 2. The van der Waals surface area contributed by atoms with Crippen molar-refractivity contribution in [1.29, 1.82) is 0 Å². The number of nitrogens with zero attached hydrogens (tertiary/aromatic N) is 3. The number of aryl methyl sites for hydroxylation is 1. The Balaban J connectivity index is 1.64. The van der Waals surface area contributed by atoms with Crippen molar-refractivity contribution in [2.75, 3.05) is 0 Å². The van der Waals surface area contributed by atoms with Crippen molar-refractivity contribution in [1.82, 2.24) is 25.1 Å². The van der Waals surface area contributed by atoms with Crippen LogP contribution in [0.15, 0.2) is 67.5 Å². The number of rotatable bonds is 5. The Morgan fingerprint density at radius 1 is 1.12 bits per heavy atom. The van der Waals surface area contributed by atoms with Crippen molar-refractivity contribution < 1.29 is 4.39 Å². The van der Waals surface area contributed by atoms with Gasteiger partial charge in [0.25, 0.3) is 0 Å². The van der Waals surface area contributed by atoms with Crippen molar-refractivity contribution in [3.63, 3.8) is 0 Å². The van der Waals surface area contributed by atoms with E-state index in [4.69, 9.17) is 4.98 Å². The topological polar surface area (TPSA) is 70.2 Å². The molecule has 0 amide bonds. The van der Waals surface area contributed by atoms with E-state index in [-0.39, 0.29) is 5.82 Å². The van der Waals surface area contributed by atoms with Crippen LogP contribution in [0.2, 0.25) is 0 Å². The molecule has 2 aromatic carbocycles. The third-order valence-electron chi connectivity index (χ3n) is 5.91. The average molecular weight is 450 g/mol. The van der Waals surface area contributed by atoms with E-state index >= 15 is 0 Å². The molecule has 0 saturated heterocycles. The smallest absolute Gasteiger partial charge is 0.159 e. The zero-order valence-corrected chi connectivity index (χ0v) is 19.1. The van der Waals surface area contributed by atoms with E-state index in [0.717, 1.165) is 55.8 Å². The lowest BCUT2D eigenvalue weighted by Gasteiger charge is -2.02. The Bertz CT molecular complexity index is 1620. The Morgan fingerprint density at radius 3 is 2.71 bits per heavy atom. The Labute approximate surface area is 196 Å². The quantitative estimate of drug-likeness (QED) is 0.396. The Morgan fingerprint density at radius 2 is 1.94 bits per heavy atom. The molecule has 0 fully saturated rings. The molecule has 0 aliphatic rings. The van der Waals surface area contributed by atoms with Gasteiger partial charge in [0.15, 0.2) is 5.82 Å². The SMILES string of the molecule is C=C(/C=c1/c(-c2nc3c(-c4ccc(F)cc4)cccc3[nH]2)n[nH]/c1=C/C)c1cncc(CC)c1. The summed E-state index contributed by atoms with van der Waals surface area (Å²) in [6.45, 7) is 8.34. The summed E-state index contributed by atoms with van der Waals surface area (Å²) in [4.78, 5) is 12.6. The minimum Gasteiger partial charge on any atom is -0.337 e. The van der Waals surface area contributed by atoms with Gasteiger partial charge in [0.2, 0.25) is 0 Å². The van der Waals surface area contributed by atoms with Gasteiger partial charge < -0.3 is 4.98 Å². The van der Waals surface area contributed by atoms with E-state index in [1.165, 1.54) is 12.1 Å². The predicted molar refractivity (Wildman–Crippen MR) is 136 cm³/mol. The summed E-state index contributed by atoms with van der Waals surface area (Å²) >= 11 is 0. The number of halogens is 1. The zero-order valence-electron chi connectivity index (χ0n) is 19.1. The van der Waals surface area contributed by atoms with Gasteiger partial charge in [0.1, 0.15) is 11.5 Å². The fraction of sp³-hybridized carbons (Fsp3) is 0.107. The van der Waals surface area contributed by atoms with Crippen LogP contribution in [0.25, 0.3) is 51.4 Å². The second-order valence-electron chi connectivity index (χ2n) is 8.09. The molecule has 5 nitrogen and oxygen atoms in total. The summed E-state index contributed by atoms with van der Waals surface area (Å²) in [6, 6.07) is 14.5. The number of aromatic nitrogens is 5. The fourth-order valence-corrected chi connectivity index (χ4v) is 4.03. The third-order valence-corrected chi connectivity index (χ3v) is 5.91. The van der Waals surface area contributed by atoms with Crippen LogP contribution in [0.1, 0.15) is 25.0 Å². The minimum atomic E-state index is -0.265. The number of nitrogens with one attached hydrogen (secondary N) is 2. The molecule has 0 spiro atoms. The molecule has 3 aromatic heterocycles. The van der Waals surface area contributed by atoms with Gasteiger partial charge in [-0.2, -0.15) is 5.10 Å². The molecule has 0 saturated carbocycles. The van der Waals surface area contributed by atoms with Gasteiger partial charge in [0.05, 0.1) is 16.4 Å². The van der Waals surface area contributed by atoms with Crippen LogP contribution < -0.4 is 10.6 Å². The molecule has 0 aliphatic carbocycles. The van der Waals surface area contributed by atoms with Crippen LogP contribution in [0.3, 0.4) is 0 Å². The average Bonchev–Trinajstić information content (AvgIpc) is 3.48. The van der Waals surface area contributed by atoms with Crippen molar-refractivity contribution in [2.45, 2.75) is 20.3 Å². The third kappa shape index (κ3) is 3.94. The molecule has 0 bridgehead atoms. The largest absolute Gasteiger partial charge is 0.337 e. The Kier molecular flexibility index (Phi) is 5.64. The fourth-order valence-electron chi connectivity index (χ4n) is 4.03. The van der Waals surface area contributed by atoms with Crippen molar-refractivity contribution >= 4 is 28.8 Å². The van der Waals surface area contributed by atoms with Crippen LogP contribution in [-0.2, 0) is 6.42 Å². The maximum absolute atomic E-state index is 13.4. The monoisotopic (exact) mass is 449 g/mol. The van der Waals surface area contributed by atoms with Crippen molar-refractivity contribution in [3.05, 3.63) is 95.0 Å². The maximum atomic E-state index is 13.4. The van der Waals surface area contributed by atoms with E-state index in [2.05, 4.69) is 39.7 Å². The van der Waals surface area contributed by atoms with Crippen molar-refractivity contribution in [2.24, 2.45) is 0 Å². The molecule has 3 heterocycles. The number of hydrogen-bond acceptors (Lipinski definition) is 3. The highest BCUT2D eigenvalue weighted by Crippen LogP contribution is 2.29. The lowest BCUT2D eigenvalue weighted by Crippen LogP contribution is -2.23. The molecule has 5 rings (SSSR count). The second kappa shape index (κ2) is 8.90. The summed E-state index contributed by atoms with van der Waals surface area (Å²) in [5.41, 5.74) is 7.19. The predicted octanol–water partition coefficient (Wildman–Crippen LogP) is 5.01. The van der Waals surface area contributed by atoms with Crippen LogP contribution in [-0.4, -0.2) is 25.1 Å². The lowest BCUT2D eigenvalue weighted by atomic mass is 10.0. The molecular formula is C28H24FN5. The van der Waals surface area contributed by atoms with Gasteiger partial charge in [0, 0.05) is 23.2 Å². The molecule has 168 valence electrons. The molecule has 0 radical (unpaired) electrons. The highest BCUT2D eigenvalue weighted by Gasteiger charge is 2.14. The van der Waals surface area contributed by atoms with Crippen LogP contribution >= 0.6 is 0 Å². The number of fused-ring (bicyclic) bond motifs is 1. The molecule has 0 aliphatic heterocycles. The molecule has 0 unspecified atom stereocenters. The highest BCUT2D eigenvalue weighted by molar-refractivity contribution is 5.94. The van der Waals surface area contributed by atoms with Gasteiger partial charge in [-0.15, -0.1) is 0 Å². The molecule has 2 N–H and O–H groups in total. The molecule has 5 aromatic rings. The van der Waals surface area contributed by atoms with E-state index in [0.29, 0.717) is 11.5 Å². The van der Waals surface area contributed by atoms with Crippen LogP contribution in [0.5, 0.6) is 0 Å². The van der Waals surface area contributed by atoms with E-state index in [1.807, 2.05) is 49.7 Å². The normalized spacial score (nSPS) is 12.6. The van der Waals surface area contributed by atoms with Gasteiger partial charge in [-0.1, -0.05) is 43.8 Å². The van der Waals surface area contributed by atoms with E-state index in [9.17, 15) is 4.39 Å². The summed E-state index contributed by atoms with van der Waals surface area (Å²) in [7, 11) is 0. The first-order valence-electron chi connectivity index (χ1n) is 11.2. The van der Waals surface area contributed by atoms with Crippen LogP contribution in [0, 0.1) is 5.82 Å². The van der Waals surface area contributed by atoms with E-state index in [1.54, 1.807) is 12.1 Å². The summed E-state index contributed by atoms with van der Waals surface area (Å²) in [5, 5.41) is 9.45. The van der Waals surface area contributed by atoms with Gasteiger partial charge >= 0.3 is 0 Å². The number of allylic oxidation sites excluding steroid dienone is 1. The van der Waals surface area contributed by atoms with Crippen molar-refractivity contribution in [3.8, 4) is 22.6 Å². The second-order valence-corrected chi connectivity index (χ2v) is 8.09. The van der Waals surface area contributed by atoms with Crippen LogP contribution in [0.4, 0.5) is 4.39 Å². The number of pyridine rings is 1. The molecular weight excluding hydrogens is 425 g/mol. The first kappa shape index (κ1) is 21.5. The zero-order chi connectivity index (χ0) is 23.7. The summed E-state index contributed by atoms with van der Waals surface area (Å²) in [5.74, 6) is 0.381. The number of para-hydroxylation sites is 1. The Hall–Kier alpha value is -4.32. The number of imidazole rings is 1.